The van der Waals surface area contributed by atoms with Gasteiger partial charge in [-0.15, -0.1) is 13.2 Å². The fraction of sp³-hybridized carbons (Fsp3) is 0.250. The van der Waals surface area contributed by atoms with Gasteiger partial charge in [-0.05, 0) is 47.9 Å². The van der Waals surface area contributed by atoms with Gasteiger partial charge in [-0.25, -0.2) is 4.39 Å². The lowest BCUT2D eigenvalue weighted by Gasteiger charge is -2.24. The van der Waals surface area contributed by atoms with E-state index in [1.54, 1.807) is 19.1 Å². The highest BCUT2D eigenvalue weighted by Gasteiger charge is 2.31. The number of nitrogens with zero attached hydrogens (tertiary/aromatic N) is 1. The van der Waals surface area contributed by atoms with Crippen molar-refractivity contribution < 1.29 is 36.6 Å². The maximum absolute atomic E-state index is 15.7. The molecule has 0 unspecified atom stereocenters. The van der Waals surface area contributed by atoms with Crippen molar-refractivity contribution in [3.8, 4) is 22.6 Å². The van der Waals surface area contributed by atoms with E-state index in [4.69, 9.17) is 9.47 Å². The van der Waals surface area contributed by atoms with Gasteiger partial charge in [0.1, 0.15) is 29.6 Å². The lowest BCUT2D eigenvalue weighted by Crippen LogP contribution is -2.34. The SMILES string of the molecule is Cc1cc(OC(F)(F)F)cc2c(C(=O)Cc3cc(-c4cccc([N+](C)(C)C)c4)c(F)cc3OCCOCc3ccccc3)c[nH]c12. The number of H-pyrrole nitrogens is 1. The standard InChI is InChI=1S/C36H34F4N2O4/c1-23-15-28(46-36(38,39)40)19-30-31(21-41-35(23)30)33(43)18-26-17-29(25-11-8-12-27(16-25)42(2,3)4)32(37)20-34(26)45-14-13-44-22-24-9-6-5-7-10-24/h5-12,15-17,19-21H,13-14,18,22H2,1-4H3/p+1. The average molecular weight is 636 g/mol. The number of nitrogens with one attached hydrogen (secondary N) is 1. The number of Topliss-reactive ketones (excluding diaryl/α,β-unsaturated/α-hetero) is 1. The number of alkyl halides is 3. The first-order valence-electron chi connectivity index (χ1n) is 14.7. The predicted octanol–water partition coefficient (Wildman–Crippen LogP) is 8.40. The second kappa shape index (κ2) is 13.4. The van der Waals surface area contributed by atoms with Crippen molar-refractivity contribution in [2.45, 2.75) is 26.3 Å². The zero-order chi connectivity index (χ0) is 33.1. The maximum Gasteiger partial charge on any atom is 0.573 e. The van der Waals surface area contributed by atoms with Crippen LogP contribution in [0.2, 0.25) is 0 Å². The number of ketones is 1. The highest BCUT2D eigenvalue weighted by molar-refractivity contribution is 6.09. The fourth-order valence-corrected chi connectivity index (χ4v) is 5.23. The number of aromatic amines is 1. The van der Waals surface area contributed by atoms with Gasteiger partial charge in [0, 0.05) is 52.3 Å². The largest absolute Gasteiger partial charge is 0.573 e. The first kappa shape index (κ1) is 32.7. The number of hydrogen-bond donors (Lipinski definition) is 1. The van der Waals surface area contributed by atoms with Gasteiger partial charge in [0.05, 0.1) is 34.4 Å². The second-order valence-electron chi connectivity index (χ2n) is 11.9. The molecule has 1 aromatic heterocycles. The third-order valence-corrected chi connectivity index (χ3v) is 7.52. The zero-order valence-corrected chi connectivity index (χ0v) is 26.0. The Morgan fingerprint density at radius 3 is 2.39 bits per heavy atom. The zero-order valence-electron chi connectivity index (χ0n) is 26.0. The molecule has 0 aliphatic rings. The molecule has 0 atom stereocenters. The van der Waals surface area contributed by atoms with E-state index >= 15 is 4.39 Å². The van der Waals surface area contributed by atoms with Crippen LogP contribution in [0.25, 0.3) is 22.0 Å². The van der Waals surface area contributed by atoms with Crippen molar-refractivity contribution >= 4 is 22.4 Å². The number of rotatable bonds is 12. The molecule has 0 aliphatic carbocycles. The molecule has 0 amide bonds. The van der Waals surface area contributed by atoms with Gasteiger partial charge in [0.25, 0.3) is 0 Å². The topological polar surface area (TPSA) is 60.6 Å². The van der Waals surface area contributed by atoms with Gasteiger partial charge in [0.15, 0.2) is 5.78 Å². The Morgan fingerprint density at radius 2 is 1.67 bits per heavy atom. The molecule has 1 heterocycles. The summed E-state index contributed by atoms with van der Waals surface area (Å²) in [6.45, 7) is 2.33. The van der Waals surface area contributed by atoms with Crippen LogP contribution in [0.3, 0.4) is 0 Å². The highest BCUT2D eigenvalue weighted by Crippen LogP contribution is 2.35. The van der Waals surface area contributed by atoms with E-state index in [1.807, 2.05) is 69.7 Å². The van der Waals surface area contributed by atoms with Crippen LogP contribution >= 0.6 is 0 Å². The van der Waals surface area contributed by atoms with Crippen molar-refractivity contribution in [1.82, 2.24) is 9.47 Å². The molecule has 240 valence electrons. The summed E-state index contributed by atoms with van der Waals surface area (Å²) in [5.74, 6) is -1.16. The van der Waals surface area contributed by atoms with E-state index in [9.17, 15) is 18.0 Å². The summed E-state index contributed by atoms with van der Waals surface area (Å²) in [7, 11) is 6.01. The molecule has 1 N–H and O–H groups in total. The Bertz CT molecular complexity index is 1840. The summed E-state index contributed by atoms with van der Waals surface area (Å²) in [4.78, 5) is 16.7. The third-order valence-electron chi connectivity index (χ3n) is 7.52. The first-order valence-corrected chi connectivity index (χ1v) is 14.7. The fourth-order valence-electron chi connectivity index (χ4n) is 5.23. The number of fused-ring (bicyclic) bond motifs is 1. The van der Waals surface area contributed by atoms with Crippen molar-refractivity contribution in [3.05, 3.63) is 113 Å². The van der Waals surface area contributed by atoms with Crippen molar-refractivity contribution in [2.75, 3.05) is 34.4 Å². The van der Waals surface area contributed by atoms with E-state index < -0.39 is 23.7 Å². The molecule has 0 aliphatic heterocycles. The Morgan fingerprint density at radius 1 is 0.913 bits per heavy atom. The summed E-state index contributed by atoms with van der Waals surface area (Å²) in [6.07, 6.45) is -3.62. The molecule has 4 aromatic carbocycles. The van der Waals surface area contributed by atoms with Gasteiger partial charge in [-0.1, -0.05) is 42.5 Å². The summed E-state index contributed by atoms with van der Waals surface area (Å²) >= 11 is 0. The number of hydrogen-bond acceptors (Lipinski definition) is 4. The lowest BCUT2D eigenvalue weighted by molar-refractivity contribution is -0.274. The number of aryl methyl sites for hydroxylation is 1. The van der Waals surface area contributed by atoms with E-state index in [0.29, 0.717) is 44.2 Å². The molecular weight excluding hydrogens is 600 g/mol. The van der Waals surface area contributed by atoms with E-state index in [2.05, 4.69) is 9.72 Å². The normalized spacial score (nSPS) is 12.0. The van der Waals surface area contributed by atoms with Crippen LogP contribution in [0.4, 0.5) is 23.2 Å². The number of carbonyl (C=O) groups is 1. The molecule has 0 saturated heterocycles. The van der Waals surface area contributed by atoms with E-state index in [-0.39, 0.29) is 30.9 Å². The monoisotopic (exact) mass is 635 g/mol. The van der Waals surface area contributed by atoms with Gasteiger partial charge in [-0.2, -0.15) is 0 Å². The Kier molecular flexibility index (Phi) is 9.50. The summed E-state index contributed by atoms with van der Waals surface area (Å²) in [5, 5.41) is 0.291. The first-order chi connectivity index (χ1) is 21.8. The summed E-state index contributed by atoms with van der Waals surface area (Å²) in [6, 6.07) is 22.4. The smallest absolute Gasteiger partial charge is 0.491 e. The molecule has 0 spiro atoms. The van der Waals surface area contributed by atoms with Crippen molar-refractivity contribution in [1.29, 1.82) is 0 Å². The molecule has 5 aromatic rings. The number of ether oxygens (including phenoxy) is 3. The average Bonchev–Trinajstić information content (AvgIpc) is 3.42. The number of benzene rings is 4. The van der Waals surface area contributed by atoms with Crippen LogP contribution in [0.5, 0.6) is 11.5 Å². The third kappa shape index (κ3) is 7.94. The second-order valence-corrected chi connectivity index (χ2v) is 11.9. The Balaban J connectivity index is 1.45. The molecule has 0 radical (unpaired) electrons. The maximum atomic E-state index is 15.7. The summed E-state index contributed by atoms with van der Waals surface area (Å²) in [5.41, 5.74) is 4.48. The summed E-state index contributed by atoms with van der Waals surface area (Å²) < 4.78 is 70.9. The molecule has 5 rings (SSSR count). The highest BCUT2D eigenvalue weighted by atomic mass is 19.4. The van der Waals surface area contributed by atoms with Crippen LogP contribution in [-0.2, 0) is 17.8 Å². The molecule has 0 fully saturated rings. The molecule has 6 nitrogen and oxygen atoms in total. The van der Waals surface area contributed by atoms with Gasteiger partial charge in [0.2, 0.25) is 0 Å². The number of carbonyl (C=O) groups excluding carboxylic acids is 1. The van der Waals surface area contributed by atoms with Crippen molar-refractivity contribution in [2.24, 2.45) is 0 Å². The molecule has 46 heavy (non-hydrogen) atoms. The minimum Gasteiger partial charge on any atom is -0.491 e. The minimum atomic E-state index is -4.88. The number of aromatic nitrogens is 1. The van der Waals surface area contributed by atoms with Gasteiger partial charge < -0.3 is 19.2 Å². The molecule has 10 heteroatoms. The molecule has 0 bridgehead atoms. The van der Waals surface area contributed by atoms with Crippen LogP contribution in [0, 0.1) is 12.7 Å². The molecular formula is C36H35F4N2O4+. The Hall–Kier alpha value is -4.67. The Labute approximate surface area is 264 Å². The quantitative estimate of drug-likeness (QED) is 0.0648. The van der Waals surface area contributed by atoms with Crippen LogP contribution in [-0.4, -0.2) is 51.5 Å². The van der Waals surface area contributed by atoms with Crippen LogP contribution in [0.1, 0.15) is 27.0 Å². The van der Waals surface area contributed by atoms with Crippen molar-refractivity contribution in [3.63, 3.8) is 0 Å². The lowest BCUT2D eigenvalue weighted by atomic mass is 9.96. The van der Waals surface area contributed by atoms with Gasteiger partial charge in [-0.3, -0.25) is 9.28 Å². The number of quaternary nitrogens is 1. The van der Waals surface area contributed by atoms with Gasteiger partial charge >= 0.3 is 6.36 Å². The van der Waals surface area contributed by atoms with E-state index in [0.717, 1.165) is 11.3 Å². The molecule has 0 saturated carbocycles. The van der Waals surface area contributed by atoms with Crippen LogP contribution < -0.4 is 14.0 Å². The predicted molar refractivity (Wildman–Crippen MR) is 171 cm³/mol. The van der Waals surface area contributed by atoms with E-state index in [1.165, 1.54) is 24.4 Å². The number of halogens is 4. The minimum absolute atomic E-state index is 0.105. The van der Waals surface area contributed by atoms with Crippen LogP contribution in [0.15, 0.2) is 85.1 Å².